The fraction of sp³-hybridized carbons (Fsp3) is 0.471. The van der Waals surface area contributed by atoms with E-state index in [2.05, 4.69) is 5.32 Å². The molecule has 0 unspecified atom stereocenters. The average Bonchev–Trinajstić information content (AvgIpc) is 2.62. The smallest absolute Gasteiger partial charge is 0.329 e. The summed E-state index contributed by atoms with van der Waals surface area (Å²) in [5, 5.41) is 2.66. The van der Waals surface area contributed by atoms with Gasteiger partial charge in [-0.2, -0.15) is 11.8 Å². The van der Waals surface area contributed by atoms with Crippen molar-refractivity contribution in [2.75, 3.05) is 39.8 Å². The predicted molar refractivity (Wildman–Crippen MR) is 96.9 cm³/mol. The van der Waals surface area contributed by atoms with E-state index in [-0.39, 0.29) is 12.5 Å². The van der Waals surface area contributed by atoms with E-state index in [4.69, 9.17) is 9.47 Å². The van der Waals surface area contributed by atoms with Crippen molar-refractivity contribution >= 4 is 29.5 Å². The number of likely N-dealkylation sites (N-methyl/N-ethyl adjacent to an activating group) is 1. The van der Waals surface area contributed by atoms with Gasteiger partial charge in [-0.1, -0.05) is 12.1 Å². The van der Waals surface area contributed by atoms with Crippen molar-refractivity contribution in [2.24, 2.45) is 0 Å². The van der Waals surface area contributed by atoms with Crippen LogP contribution in [0.1, 0.15) is 16.8 Å². The molecule has 0 aliphatic heterocycles. The molecule has 0 aliphatic carbocycles. The molecule has 7 nitrogen and oxygen atoms in total. The SMILES string of the molecule is COc1ccccc1C(=O)N[C@H](CCSC)C(=O)OCC(=O)N(C)C. The molecule has 0 spiro atoms. The first-order valence-corrected chi connectivity index (χ1v) is 9.09. The third-order valence-corrected chi connectivity index (χ3v) is 4.03. The number of nitrogens with zero attached hydrogens (tertiary/aromatic N) is 1. The lowest BCUT2D eigenvalue weighted by molar-refractivity contribution is -0.152. The zero-order valence-corrected chi connectivity index (χ0v) is 15.7. The minimum absolute atomic E-state index is 0.326. The van der Waals surface area contributed by atoms with E-state index in [9.17, 15) is 14.4 Å². The number of ether oxygens (including phenoxy) is 2. The maximum atomic E-state index is 12.5. The second-order valence-electron chi connectivity index (χ2n) is 5.40. The van der Waals surface area contributed by atoms with Gasteiger partial charge in [0.05, 0.1) is 12.7 Å². The van der Waals surface area contributed by atoms with E-state index in [1.807, 2.05) is 6.26 Å². The Morgan fingerprint density at radius 2 is 1.92 bits per heavy atom. The van der Waals surface area contributed by atoms with Gasteiger partial charge in [0.1, 0.15) is 11.8 Å². The summed E-state index contributed by atoms with van der Waals surface area (Å²) < 4.78 is 10.2. The number of esters is 1. The maximum absolute atomic E-state index is 12.5. The molecule has 0 bridgehead atoms. The predicted octanol–water partition coefficient (Wildman–Crippen LogP) is 1.18. The highest BCUT2D eigenvalue weighted by atomic mass is 32.2. The van der Waals surface area contributed by atoms with Crippen molar-refractivity contribution in [3.8, 4) is 5.75 Å². The highest BCUT2D eigenvalue weighted by molar-refractivity contribution is 7.98. The Labute approximate surface area is 152 Å². The van der Waals surface area contributed by atoms with Crippen molar-refractivity contribution in [3.63, 3.8) is 0 Å². The minimum Gasteiger partial charge on any atom is -0.496 e. The average molecular weight is 368 g/mol. The van der Waals surface area contributed by atoms with Crippen LogP contribution >= 0.6 is 11.8 Å². The highest BCUT2D eigenvalue weighted by Gasteiger charge is 2.24. The standard InChI is InChI=1S/C17H24N2O5S/c1-19(2)15(20)11-24-17(22)13(9-10-25-4)18-16(21)12-7-5-6-8-14(12)23-3/h5-8,13H,9-11H2,1-4H3,(H,18,21)/t13-/m1/s1. The third-order valence-electron chi connectivity index (χ3n) is 3.39. The van der Waals surface area contributed by atoms with Crippen LogP contribution < -0.4 is 10.1 Å². The van der Waals surface area contributed by atoms with Crippen LogP contribution in [-0.4, -0.2) is 68.5 Å². The Kier molecular flexibility index (Phi) is 8.83. The first kappa shape index (κ1) is 20.8. The molecule has 0 aromatic heterocycles. The van der Waals surface area contributed by atoms with Crippen LogP contribution in [0, 0.1) is 0 Å². The number of carbonyl (C=O) groups is 3. The number of methoxy groups -OCH3 is 1. The van der Waals surface area contributed by atoms with Gasteiger partial charge in [0, 0.05) is 14.1 Å². The molecule has 0 saturated carbocycles. The van der Waals surface area contributed by atoms with Crippen LogP contribution in [0.25, 0.3) is 0 Å². The van der Waals surface area contributed by atoms with E-state index in [1.165, 1.54) is 12.0 Å². The lowest BCUT2D eigenvalue weighted by atomic mass is 10.1. The third kappa shape index (κ3) is 6.66. The first-order valence-electron chi connectivity index (χ1n) is 7.70. The van der Waals surface area contributed by atoms with Gasteiger partial charge < -0.3 is 19.7 Å². The number of benzene rings is 1. The van der Waals surface area contributed by atoms with E-state index in [1.54, 1.807) is 50.1 Å². The maximum Gasteiger partial charge on any atom is 0.329 e. The number of hydrogen-bond acceptors (Lipinski definition) is 6. The van der Waals surface area contributed by atoms with E-state index < -0.39 is 17.9 Å². The summed E-state index contributed by atoms with van der Waals surface area (Å²) in [5.41, 5.74) is 0.330. The van der Waals surface area contributed by atoms with Crippen molar-refractivity contribution < 1.29 is 23.9 Å². The normalized spacial score (nSPS) is 11.4. The number of hydrogen-bond donors (Lipinski definition) is 1. The molecule has 8 heteroatoms. The van der Waals surface area contributed by atoms with Gasteiger partial charge >= 0.3 is 5.97 Å². The molecule has 0 radical (unpaired) electrons. The van der Waals surface area contributed by atoms with Crippen LogP contribution in [0.3, 0.4) is 0 Å². The largest absolute Gasteiger partial charge is 0.496 e. The summed E-state index contributed by atoms with van der Waals surface area (Å²) in [5.74, 6) is -0.312. The zero-order chi connectivity index (χ0) is 18.8. The van der Waals surface area contributed by atoms with Crippen LogP contribution in [-0.2, 0) is 14.3 Å². The van der Waals surface area contributed by atoms with Crippen LogP contribution in [0.15, 0.2) is 24.3 Å². The van der Waals surface area contributed by atoms with Gasteiger partial charge in [-0.3, -0.25) is 9.59 Å². The Morgan fingerprint density at radius 3 is 2.52 bits per heavy atom. The van der Waals surface area contributed by atoms with Crippen molar-refractivity contribution in [1.82, 2.24) is 10.2 Å². The summed E-state index contributed by atoms with van der Waals surface area (Å²) in [7, 11) is 4.62. The quantitative estimate of drug-likeness (QED) is 0.659. The van der Waals surface area contributed by atoms with Gasteiger partial charge in [-0.05, 0) is 30.6 Å². The molecule has 0 fully saturated rings. The number of para-hydroxylation sites is 1. The molecule has 0 aliphatic rings. The molecular weight excluding hydrogens is 344 g/mol. The van der Waals surface area contributed by atoms with Crippen molar-refractivity contribution in [3.05, 3.63) is 29.8 Å². The van der Waals surface area contributed by atoms with Crippen LogP contribution in [0.5, 0.6) is 5.75 Å². The minimum atomic E-state index is -0.833. The summed E-state index contributed by atoms with van der Waals surface area (Å²) >= 11 is 1.55. The van der Waals surface area contributed by atoms with Gasteiger partial charge in [0.15, 0.2) is 6.61 Å². The summed E-state index contributed by atoms with van der Waals surface area (Å²) in [4.78, 5) is 37.6. The molecular formula is C17H24N2O5S. The Balaban J connectivity index is 2.79. The molecule has 25 heavy (non-hydrogen) atoms. The number of carbonyl (C=O) groups excluding carboxylic acids is 3. The molecule has 1 aromatic carbocycles. The van der Waals surface area contributed by atoms with Crippen LogP contribution in [0.4, 0.5) is 0 Å². The molecule has 1 atom stereocenters. The number of amides is 2. The zero-order valence-electron chi connectivity index (χ0n) is 14.9. The molecule has 138 valence electrons. The Bertz CT molecular complexity index is 606. The van der Waals surface area contributed by atoms with Gasteiger partial charge in [-0.25, -0.2) is 4.79 Å². The second kappa shape index (κ2) is 10.6. The van der Waals surface area contributed by atoms with Gasteiger partial charge in [0.2, 0.25) is 0 Å². The molecule has 2 amide bonds. The summed E-state index contributed by atoms with van der Waals surface area (Å²) in [6, 6.07) is 5.91. The van der Waals surface area contributed by atoms with Crippen molar-refractivity contribution in [2.45, 2.75) is 12.5 Å². The fourth-order valence-corrected chi connectivity index (χ4v) is 2.39. The number of nitrogens with one attached hydrogen (secondary N) is 1. The Hall–Kier alpha value is -2.22. The molecule has 0 heterocycles. The number of thioether (sulfide) groups is 1. The molecule has 1 rings (SSSR count). The van der Waals surface area contributed by atoms with Crippen LogP contribution in [0.2, 0.25) is 0 Å². The van der Waals surface area contributed by atoms with E-state index in [0.717, 1.165) is 0 Å². The highest BCUT2D eigenvalue weighted by Crippen LogP contribution is 2.17. The van der Waals surface area contributed by atoms with Gasteiger partial charge in [-0.15, -0.1) is 0 Å². The van der Waals surface area contributed by atoms with Crippen molar-refractivity contribution in [1.29, 1.82) is 0 Å². The Morgan fingerprint density at radius 1 is 1.24 bits per heavy atom. The fourth-order valence-electron chi connectivity index (χ4n) is 1.92. The molecule has 0 saturated heterocycles. The monoisotopic (exact) mass is 368 g/mol. The van der Waals surface area contributed by atoms with E-state index in [0.29, 0.717) is 23.5 Å². The lowest BCUT2D eigenvalue weighted by Gasteiger charge is -2.18. The number of rotatable bonds is 9. The summed E-state index contributed by atoms with van der Waals surface area (Å²) in [6.07, 6.45) is 2.30. The molecule has 1 N–H and O–H groups in total. The second-order valence-corrected chi connectivity index (χ2v) is 6.39. The van der Waals surface area contributed by atoms with E-state index >= 15 is 0 Å². The first-order chi connectivity index (χ1) is 11.9. The van der Waals surface area contributed by atoms with Gasteiger partial charge in [0.25, 0.3) is 11.8 Å². The lowest BCUT2D eigenvalue weighted by Crippen LogP contribution is -2.43. The summed E-state index contributed by atoms with van der Waals surface area (Å²) in [6.45, 7) is -0.355. The topological polar surface area (TPSA) is 84.9 Å². The molecule has 1 aromatic rings.